The lowest BCUT2D eigenvalue weighted by atomic mass is 9.88. The first-order valence-corrected chi connectivity index (χ1v) is 6.41. The molecule has 0 saturated carbocycles. The molecule has 1 atom stereocenters. The van der Waals surface area contributed by atoms with Crippen molar-refractivity contribution < 1.29 is 9.18 Å². The fraction of sp³-hybridized carbons (Fsp3) is 0.500. The molecule has 1 fully saturated rings. The van der Waals surface area contributed by atoms with E-state index in [1.165, 1.54) is 6.07 Å². The lowest BCUT2D eigenvalue weighted by Crippen LogP contribution is -2.50. The van der Waals surface area contributed by atoms with Gasteiger partial charge in [0.05, 0.1) is 5.69 Å². The molecule has 1 N–H and O–H groups in total. The highest BCUT2D eigenvalue weighted by Crippen LogP contribution is 2.24. The van der Waals surface area contributed by atoms with Crippen molar-refractivity contribution in [3.8, 4) is 0 Å². The molecule has 3 nitrogen and oxygen atoms in total. The van der Waals surface area contributed by atoms with Crippen LogP contribution in [-0.4, -0.2) is 25.5 Å². The number of para-hydroxylation sites is 1. The van der Waals surface area contributed by atoms with Gasteiger partial charge in [-0.2, -0.15) is 0 Å². The lowest BCUT2D eigenvalue weighted by molar-refractivity contribution is -0.124. The minimum absolute atomic E-state index is 0.00843. The Labute approximate surface area is 107 Å². The zero-order valence-electron chi connectivity index (χ0n) is 10.8. The van der Waals surface area contributed by atoms with Crippen LogP contribution in [0.2, 0.25) is 0 Å². The number of rotatable bonds is 4. The van der Waals surface area contributed by atoms with Crippen LogP contribution in [0.3, 0.4) is 0 Å². The highest BCUT2D eigenvalue weighted by molar-refractivity contribution is 5.95. The molecule has 1 aromatic rings. The van der Waals surface area contributed by atoms with Crippen molar-refractivity contribution >= 4 is 11.6 Å². The molecule has 0 aromatic heterocycles. The number of hydrogen-bond acceptors (Lipinski definition) is 2. The van der Waals surface area contributed by atoms with Gasteiger partial charge >= 0.3 is 0 Å². The highest BCUT2D eigenvalue weighted by Gasteiger charge is 2.32. The maximum Gasteiger partial charge on any atom is 0.230 e. The standard InChI is InChI=1S/C14H19FN2O/c1-3-17(13-7-5-4-6-12(13)15)14(18)10(2)11-8-16-9-11/h4-7,10-11,16H,3,8-9H2,1-2H3. The zero-order valence-corrected chi connectivity index (χ0v) is 10.8. The second kappa shape index (κ2) is 5.48. The van der Waals surface area contributed by atoms with Crippen molar-refractivity contribution in [1.82, 2.24) is 5.32 Å². The van der Waals surface area contributed by atoms with Gasteiger partial charge in [-0.25, -0.2) is 4.39 Å². The molecule has 1 amide bonds. The van der Waals surface area contributed by atoms with Gasteiger partial charge in [-0.15, -0.1) is 0 Å². The van der Waals surface area contributed by atoms with Gasteiger partial charge in [0.15, 0.2) is 0 Å². The van der Waals surface area contributed by atoms with Crippen molar-refractivity contribution in [3.05, 3.63) is 30.1 Å². The maximum atomic E-state index is 13.7. The van der Waals surface area contributed by atoms with Crippen molar-refractivity contribution in [2.75, 3.05) is 24.5 Å². The normalized spacial score (nSPS) is 17.1. The molecule has 0 bridgehead atoms. The van der Waals surface area contributed by atoms with Crippen molar-refractivity contribution in [2.45, 2.75) is 13.8 Å². The summed E-state index contributed by atoms with van der Waals surface area (Å²) in [5.74, 6) is -0.0233. The van der Waals surface area contributed by atoms with E-state index < -0.39 is 0 Å². The summed E-state index contributed by atoms with van der Waals surface area (Å²) >= 11 is 0. The predicted molar refractivity (Wildman–Crippen MR) is 70.0 cm³/mol. The number of anilines is 1. The lowest BCUT2D eigenvalue weighted by Gasteiger charge is -2.34. The second-order valence-electron chi connectivity index (χ2n) is 4.74. The number of nitrogens with zero attached hydrogens (tertiary/aromatic N) is 1. The molecule has 4 heteroatoms. The van der Waals surface area contributed by atoms with Gasteiger partial charge in [0.2, 0.25) is 5.91 Å². The van der Waals surface area contributed by atoms with Crippen LogP contribution < -0.4 is 10.2 Å². The third-order valence-corrected chi connectivity index (χ3v) is 3.64. The molecule has 2 rings (SSSR count). The van der Waals surface area contributed by atoms with Gasteiger partial charge in [0.1, 0.15) is 5.82 Å². The Kier molecular flexibility index (Phi) is 3.97. The Hall–Kier alpha value is -1.42. The van der Waals surface area contributed by atoms with Crippen LogP contribution in [-0.2, 0) is 4.79 Å². The number of halogens is 1. The molecule has 1 aliphatic rings. The highest BCUT2D eigenvalue weighted by atomic mass is 19.1. The summed E-state index contributed by atoms with van der Waals surface area (Å²) in [5.41, 5.74) is 0.379. The van der Waals surface area contributed by atoms with Crippen LogP contribution in [0.15, 0.2) is 24.3 Å². The average molecular weight is 250 g/mol. The number of nitrogens with one attached hydrogen (secondary N) is 1. The van der Waals surface area contributed by atoms with Gasteiger partial charge in [0.25, 0.3) is 0 Å². The Balaban J connectivity index is 2.17. The monoisotopic (exact) mass is 250 g/mol. The first-order valence-electron chi connectivity index (χ1n) is 6.41. The van der Waals surface area contributed by atoms with Gasteiger partial charge < -0.3 is 10.2 Å². The number of hydrogen-bond donors (Lipinski definition) is 1. The molecule has 18 heavy (non-hydrogen) atoms. The van der Waals surface area contributed by atoms with Crippen LogP contribution in [0.25, 0.3) is 0 Å². The first-order chi connectivity index (χ1) is 8.65. The van der Waals surface area contributed by atoms with Crippen molar-refractivity contribution in [1.29, 1.82) is 0 Å². The van der Waals surface area contributed by atoms with Gasteiger partial charge in [-0.05, 0) is 38.1 Å². The summed E-state index contributed by atoms with van der Waals surface area (Å²) in [4.78, 5) is 13.9. The molecular weight excluding hydrogens is 231 g/mol. The third-order valence-electron chi connectivity index (χ3n) is 3.64. The van der Waals surface area contributed by atoms with Crippen LogP contribution >= 0.6 is 0 Å². The molecule has 1 aromatic carbocycles. The van der Waals surface area contributed by atoms with Gasteiger partial charge in [-0.1, -0.05) is 19.1 Å². The van der Waals surface area contributed by atoms with E-state index in [2.05, 4.69) is 5.32 Å². The van der Waals surface area contributed by atoms with Crippen molar-refractivity contribution in [3.63, 3.8) is 0 Å². The van der Waals surface area contributed by atoms with Crippen LogP contribution in [0.1, 0.15) is 13.8 Å². The van der Waals surface area contributed by atoms with Crippen LogP contribution in [0.5, 0.6) is 0 Å². The minimum atomic E-state index is -0.341. The number of carbonyl (C=O) groups is 1. The summed E-state index contributed by atoms with van der Waals surface area (Å²) < 4.78 is 13.7. The minimum Gasteiger partial charge on any atom is -0.316 e. The largest absolute Gasteiger partial charge is 0.316 e. The number of carbonyl (C=O) groups excluding carboxylic acids is 1. The van der Waals surface area contributed by atoms with Crippen LogP contribution in [0, 0.1) is 17.7 Å². The number of amides is 1. The molecule has 98 valence electrons. The number of benzene rings is 1. The molecule has 0 radical (unpaired) electrons. The third kappa shape index (κ3) is 2.38. The molecule has 1 unspecified atom stereocenters. The predicted octanol–water partition coefficient (Wildman–Crippen LogP) is 2.03. The Morgan fingerprint density at radius 3 is 2.67 bits per heavy atom. The Morgan fingerprint density at radius 1 is 1.50 bits per heavy atom. The Bertz CT molecular complexity index is 432. The maximum absolute atomic E-state index is 13.7. The summed E-state index contributed by atoms with van der Waals surface area (Å²) in [6.45, 7) is 6.04. The van der Waals surface area contributed by atoms with E-state index in [0.717, 1.165) is 13.1 Å². The molecule has 0 aliphatic carbocycles. The average Bonchev–Trinajstić information content (AvgIpc) is 2.30. The molecule has 1 aliphatic heterocycles. The van der Waals surface area contributed by atoms with E-state index in [0.29, 0.717) is 18.2 Å². The SMILES string of the molecule is CCN(C(=O)C(C)C1CNC1)c1ccccc1F. The summed E-state index contributed by atoms with van der Waals surface area (Å²) in [7, 11) is 0. The van der Waals surface area contributed by atoms with Crippen LogP contribution in [0.4, 0.5) is 10.1 Å². The van der Waals surface area contributed by atoms with Crippen molar-refractivity contribution in [2.24, 2.45) is 11.8 Å². The molecular formula is C14H19FN2O. The zero-order chi connectivity index (χ0) is 13.1. The smallest absolute Gasteiger partial charge is 0.230 e. The van der Waals surface area contributed by atoms with Gasteiger partial charge in [0, 0.05) is 12.5 Å². The topological polar surface area (TPSA) is 32.3 Å². The fourth-order valence-electron chi connectivity index (χ4n) is 2.23. The molecule has 0 spiro atoms. The van der Waals surface area contributed by atoms with E-state index >= 15 is 0 Å². The molecule has 1 heterocycles. The summed E-state index contributed by atoms with van der Waals surface area (Å²) in [6, 6.07) is 6.43. The second-order valence-corrected chi connectivity index (χ2v) is 4.74. The van der Waals surface area contributed by atoms with E-state index in [1.807, 2.05) is 13.8 Å². The van der Waals surface area contributed by atoms with E-state index in [-0.39, 0.29) is 17.6 Å². The molecule has 1 saturated heterocycles. The quantitative estimate of drug-likeness (QED) is 0.887. The summed E-state index contributed by atoms with van der Waals surface area (Å²) in [6.07, 6.45) is 0. The fourth-order valence-corrected chi connectivity index (χ4v) is 2.23. The van der Waals surface area contributed by atoms with Gasteiger partial charge in [-0.3, -0.25) is 4.79 Å². The Morgan fingerprint density at radius 2 is 2.17 bits per heavy atom. The van der Waals surface area contributed by atoms with E-state index in [9.17, 15) is 9.18 Å². The van der Waals surface area contributed by atoms with E-state index in [4.69, 9.17) is 0 Å². The van der Waals surface area contributed by atoms with E-state index in [1.54, 1.807) is 23.1 Å². The first kappa shape index (κ1) is 13.0. The summed E-state index contributed by atoms with van der Waals surface area (Å²) in [5, 5.41) is 3.16.